The molecule has 0 spiro atoms. The summed E-state index contributed by atoms with van der Waals surface area (Å²) < 4.78 is 28.7. The van der Waals surface area contributed by atoms with Crippen molar-refractivity contribution < 1.29 is 13.2 Å². The molecule has 1 saturated carbocycles. The van der Waals surface area contributed by atoms with Crippen LogP contribution in [-0.2, 0) is 10.0 Å². The zero-order valence-electron chi connectivity index (χ0n) is 12.3. The third kappa shape index (κ3) is 3.52. The van der Waals surface area contributed by atoms with E-state index in [1.165, 1.54) is 12.5 Å². The molecule has 4 nitrogen and oxygen atoms in total. The second-order valence-electron chi connectivity index (χ2n) is 5.98. The number of aryl methyl sites for hydroxylation is 1. The van der Waals surface area contributed by atoms with Crippen molar-refractivity contribution in [3.8, 4) is 5.75 Å². The summed E-state index contributed by atoms with van der Waals surface area (Å²) in [6.45, 7) is 6.28. The highest BCUT2D eigenvalue weighted by Gasteiger charge is 2.25. The molecule has 1 aliphatic rings. The van der Waals surface area contributed by atoms with Gasteiger partial charge in [-0.2, -0.15) is 0 Å². The average molecular weight is 297 g/mol. The molecular weight excluding hydrogens is 274 g/mol. The van der Waals surface area contributed by atoms with Gasteiger partial charge in [0.25, 0.3) is 0 Å². The average Bonchev–Trinajstić information content (AvgIpc) is 2.32. The van der Waals surface area contributed by atoms with Crippen molar-refractivity contribution >= 4 is 10.0 Å². The third-order valence-corrected chi connectivity index (χ3v) is 5.38. The minimum absolute atomic E-state index is 0.162. The fraction of sp³-hybridized carbons (Fsp3) is 0.600. The summed E-state index contributed by atoms with van der Waals surface area (Å²) in [5.41, 5.74) is 0.627. The third-order valence-electron chi connectivity index (χ3n) is 4.31. The van der Waals surface area contributed by atoms with E-state index in [2.05, 4.69) is 13.8 Å². The molecule has 112 valence electrons. The lowest BCUT2D eigenvalue weighted by Crippen LogP contribution is -2.28. The van der Waals surface area contributed by atoms with Crippen LogP contribution in [0.5, 0.6) is 5.75 Å². The Hall–Kier alpha value is -1.07. The fourth-order valence-electron chi connectivity index (χ4n) is 2.81. The largest absolute Gasteiger partial charge is 0.490 e. The molecule has 3 unspecified atom stereocenters. The van der Waals surface area contributed by atoms with E-state index in [0.717, 1.165) is 24.5 Å². The predicted molar refractivity (Wildman–Crippen MR) is 79.1 cm³/mol. The molecule has 2 rings (SSSR count). The van der Waals surface area contributed by atoms with Crippen LogP contribution in [0.3, 0.4) is 0 Å². The summed E-state index contributed by atoms with van der Waals surface area (Å²) in [5, 5.41) is 5.16. The molecule has 1 aromatic carbocycles. The van der Waals surface area contributed by atoms with E-state index >= 15 is 0 Å². The molecule has 0 heterocycles. The Labute approximate surface area is 121 Å². The zero-order valence-corrected chi connectivity index (χ0v) is 13.1. The van der Waals surface area contributed by atoms with E-state index in [1.54, 1.807) is 19.1 Å². The summed E-state index contributed by atoms with van der Waals surface area (Å²) in [7, 11) is -3.65. The molecule has 0 aliphatic heterocycles. The van der Waals surface area contributed by atoms with E-state index in [-0.39, 0.29) is 11.0 Å². The van der Waals surface area contributed by atoms with Crippen LogP contribution in [0.15, 0.2) is 23.1 Å². The molecule has 20 heavy (non-hydrogen) atoms. The summed E-state index contributed by atoms with van der Waals surface area (Å²) in [6.07, 6.45) is 3.51. The van der Waals surface area contributed by atoms with Gasteiger partial charge in [-0.05, 0) is 61.8 Å². The maximum absolute atomic E-state index is 11.4. The highest BCUT2D eigenvalue weighted by Crippen LogP contribution is 2.32. The van der Waals surface area contributed by atoms with Gasteiger partial charge < -0.3 is 4.74 Å². The lowest BCUT2D eigenvalue weighted by Gasteiger charge is -2.32. The van der Waals surface area contributed by atoms with Crippen molar-refractivity contribution in [3.05, 3.63) is 23.8 Å². The number of nitrogens with two attached hydrogens (primary N) is 1. The molecule has 1 aromatic rings. The van der Waals surface area contributed by atoms with Gasteiger partial charge in [-0.15, -0.1) is 0 Å². The lowest BCUT2D eigenvalue weighted by atomic mass is 9.80. The van der Waals surface area contributed by atoms with Crippen LogP contribution in [0.25, 0.3) is 0 Å². The van der Waals surface area contributed by atoms with E-state index in [4.69, 9.17) is 9.88 Å². The Balaban J connectivity index is 2.10. The molecule has 2 N–H and O–H groups in total. The predicted octanol–water partition coefficient (Wildman–Crippen LogP) is 2.85. The molecule has 0 aromatic heterocycles. The van der Waals surface area contributed by atoms with Crippen LogP contribution in [0, 0.1) is 18.8 Å². The zero-order chi connectivity index (χ0) is 14.9. The number of hydrogen-bond donors (Lipinski definition) is 1. The minimum atomic E-state index is -3.65. The molecule has 3 atom stereocenters. The smallest absolute Gasteiger partial charge is 0.238 e. The maximum Gasteiger partial charge on any atom is 0.238 e. The maximum atomic E-state index is 11.4. The Morgan fingerprint density at radius 1 is 1.20 bits per heavy atom. The first-order valence-corrected chi connectivity index (χ1v) is 8.62. The van der Waals surface area contributed by atoms with Crippen LogP contribution < -0.4 is 9.88 Å². The molecule has 1 fully saturated rings. The van der Waals surface area contributed by atoms with E-state index in [1.807, 2.05) is 0 Å². The van der Waals surface area contributed by atoms with Crippen LogP contribution in [0.4, 0.5) is 0 Å². The number of sulfonamides is 1. The van der Waals surface area contributed by atoms with E-state index < -0.39 is 10.0 Å². The van der Waals surface area contributed by atoms with Gasteiger partial charge in [-0.1, -0.05) is 13.8 Å². The van der Waals surface area contributed by atoms with Gasteiger partial charge in [0.15, 0.2) is 0 Å². The lowest BCUT2D eigenvalue weighted by molar-refractivity contribution is 0.100. The summed E-state index contributed by atoms with van der Waals surface area (Å²) >= 11 is 0. The Morgan fingerprint density at radius 3 is 2.45 bits per heavy atom. The van der Waals surface area contributed by atoms with Gasteiger partial charge in [0.1, 0.15) is 5.75 Å². The van der Waals surface area contributed by atoms with Crippen molar-refractivity contribution in [3.63, 3.8) is 0 Å². The highest BCUT2D eigenvalue weighted by molar-refractivity contribution is 7.89. The first-order chi connectivity index (χ1) is 9.27. The number of ether oxygens (including phenoxy) is 1. The van der Waals surface area contributed by atoms with Crippen molar-refractivity contribution in [1.29, 1.82) is 0 Å². The quantitative estimate of drug-likeness (QED) is 0.932. The van der Waals surface area contributed by atoms with Gasteiger partial charge in [-0.25, -0.2) is 13.6 Å². The molecule has 1 aliphatic carbocycles. The second-order valence-corrected chi connectivity index (χ2v) is 7.51. The molecule has 0 amide bonds. The minimum Gasteiger partial charge on any atom is -0.490 e. The Bertz CT molecular complexity index is 583. The number of benzene rings is 1. The monoisotopic (exact) mass is 297 g/mol. The highest BCUT2D eigenvalue weighted by atomic mass is 32.2. The normalized spacial score (nSPS) is 27.3. The SMILES string of the molecule is Cc1cc(OC2CCC(C)C(C)C2)ccc1S(N)(=O)=O. The molecule has 0 saturated heterocycles. The Kier molecular flexibility index (Phi) is 4.39. The van der Waals surface area contributed by atoms with Gasteiger partial charge >= 0.3 is 0 Å². The first-order valence-electron chi connectivity index (χ1n) is 7.07. The summed E-state index contributed by atoms with van der Waals surface area (Å²) in [4.78, 5) is 0.162. The van der Waals surface area contributed by atoms with Gasteiger partial charge in [-0.3, -0.25) is 0 Å². The second kappa shape index (κ2) is 5.74. The van der Waals surface area contributed by atoms with Crippen molar-refractivity contribution in [1.82, 2.24) is 0 Å². The number of hydrogen-bond acceptors (Lipinski definition) is 3. The van der Waals surface area contributed by atoms with Crippen molar-refractivity contribution in [2.45, 2.75) is 51.0 Å². The molecule has 0 radical (unpaired) electrons. The topological polar surface area (TPSA) is 69.4 Å². The van der Waals surface area contributed by atoms with Crippen LogP contribution in [0.2, 0.25) is 0 Å². The first kappa shape index (κ1) is 15.3. The number of primary sulfonamides is 1. The standard InChI is InChI=1S/C15H23NO3S/c1-10-4-5-13(8-11(10)2)19-14-6-7-15(12(3)9-14)20(16,17)18/h6-7,9-11,13H,4-5,8H2,1-3H3,(H2,16,17,18). The van der Waals surface area contributed by atoms with Crippen molar-refractivity contribution in [2.75, 3.05) is 0 Å². The Morgan fingerprint density at radius 2 is 1.90 bits per heavy atom. The fourth-order valence-corrected chi connectivity index (χ4v) is 3.58. The molecule has 0 bridgehead atoms. The summed E-state index contributed by atoms with van der Waals surface area (Å²) in [5.74, 6) is 2.14. The van der Waals surface area contributed by atoms with Gasteiger partial charge in [0.2, 0.25) is 10.0 Å². The van der Waals surface area contributed by atoms with Gasteiger partial charge in [0.05, 0.1) is 11.0 Å². The molecular formula is C15H23NO3S. The van der Waals surface area contributed by atoms with Crippen LogP contribution in [-0.4, -0.2) is 14.5 Å². The van der Waals surface area contributed by atoms with Crippen LogP contribution >= 0.6 is 0 Å². The van der Waals surface area contributed by atoms with Gasteiger partial charge in [0, 0.05) is 0 Å². The van der Waals surface area contributed by atoms with Crippen molar-refractivity contribution in [2.24, 2.45) is 17.0 Å². The van der Waals surface area contributed by atoms with E-state index in [0.29, 0.717) is 11.5 Å². The molecule has 5 heteroatoms. The number of rotatable bonds is 3. The van der Waals surface area contributed by atoms with Crippen LogP contribution in [0.1, 0.15) is 38.7 Å². The summed E-state index contributed by atoms with van der Waals surface area (Å²) in [6, 6.07) is 4.97. The van der Waals surface area contributed by atoms with E-state index in [9.17, 15) is 8.42 Å².